The first kappa shape index (κ1) is 12.2. The van der Waals surface area contributed by atoms with Gasteiger partial charge in [-0.15, -0.1) is 0 Å². The van der Waals surface area contributed by atoms with Crippen LogP contribution in [0.3, 0.4) is 0 Å². The van der Waals surface area contributed by atoms with E-state index in [4.69, 9.17) is 5.11 Å². The molecule has 86 valence electrons. The van der Waals surface area contributed by atoms with Gasteiger partial charge in [-0.2, -0.15) is 0 Å². The lowest BCUT2D eigenvalue weighted by molar-refractivity contribution is -0.131. The highest BCUT2D eigenvalue weighted by Crippen LogP contribution is 2.27. The van der Waals surface area contributed by atoms with E-state index in [1.807, 2.05) is 6.92 Å². The highest BCUT2D eigenvalue weighted by Gasteiger charge is 2.28. The molecule has 1 aliphatic carbocycles. The van der Waals surface area contributed by atoms with E-state index in [1.165, 1.54) is 31.8 Å². The van der Waals surface area contributed by atoms with Gasteiger partial charge in [0.1, 0.15) is 0 Å². The predicted molar refractivity (Wildman–Crippen MR) is 60.9 cm³/mol. The zero-order chi connectivity index (χ0) is 11.3. The number of unbranched alkanes of at least 4 members (excludes halogenated alkanes) is 1. The zero-order valence-corrected chi connectivity index (χ0v) is 9.70. The van der Waals surface area contributed by atoms with Crippen molar-refractivity contribution in [1.82, 2.24) is 4.90 Å². The van der Waals surface area contributed by atoms with Crippen LogP contribution in [0.4, 0.5) is 0 Å². The van der Waals surface area contributed by atoms with E-state index in [0.717, 1.165) is 18.7 Å². The van der Waals surface area contributed by atoms with Gasteiger partial charge in [-0.05, 0) is 32.7 Å². The second kappa shape index (κ2) is 5.91. The molecule has 0 aliphatic heterocycles. The Labute approximate surface area is 91.8 Å². The topological polar surface area (TPSA) is 40.5 Å². The van der Waals surface area contributed by atoms with Gasteiger partial charge >= 0.3 is 5.97 Å². The quantitative estimate of drug-likeness (QED) is 0.657. The van der Waals surface area contributed by atoms with E-state index in [0.29, 0.717) is 6.04 Å². The third-order valence-electron chi connectivity index (χ3n) is 2.68. The van der Waals surface area contributed by atoms with E-state index < -0.39 is 5.97 Å². The molecule has 0 spiro atoms. The molecule has 0 amide bonds. The normalized spacial score (nSPS) is 17.1. The Morgan fingerprint density at radius 3 is 2.67 bits per heavy atom. The minimum atomic E-state index is -0.835. The highest BCUT2D eigenvalue weighted by atomic mass is 16.4. The van der Waals surface area contributed by atoms with Crippen molar-refractivity contribution in [2.75, 3.05) is 13.1 Å². The summed E-state index contributed by atoms with van der Waals surface area (Å²) in [6, 6.07) is 0.716. The van der Waals surface area contributed by atoms with Gasteiger partial charge in [-0.25, -0.2) is 4.79 Å². The molecule has 1 fully saturated rings. The summed E-state index contributed by atoms with van der Waals surface area (Å²) in [5, 5.41) is 8.63. The molecule has 0 radical (unpaired) electrons. The Hall–Kier alpha value is -0.830. The fraction of sp³-hybridized carbons (Fsp3) is 0.750. The van der Waals surface area contributed by atoms with Crippen molar-refractivity contribution in [3.8, 4) is 0 Å². The van der Waals surface area contributed by atoms with Crippen molar-refractivity contribution in [3.63, 3.8) is 0 Å². The van der Waals surface area contributed by atoms with Crippen molar-refractivity contribution in [3.05, 3.63) is 11.6 Å². The monoisotopic (exact) mass is 211 g/mol. The van der Waals surface area contributed by atoms with Crippen molar-refractivity contribution in [2.24, 2.45) is 0 Å². The van der Waals surface area contributed by atoms with Crippen molar-refractivity contribution in [1.29, 1.82) is 0 Å². The molecule has 0 saturated heterocycles. The molecule has 1 N–H and O–H groups in total. The van der Waals surface area contributed by atoms with E-state index in [-0.39, 0.29) is 0 Å². The van der Waals surface area contributed by atoms with E-state index in [2.05, 4.69) is 11.8 Å². The molecule has 1 saturated carbocycles. The van der Waals surface area contributed by atoms with Gasteiger partial charge < -0.3 is 5.11 Å². The molecule has 0 bridgehead atoms. The van der Waals surface area contributed by atoms with Crippen LogP contribution in [0.2, 0.25) is 0 Å². The van der Waals surface area contributed by atoms with Gasteiger partial charge in [0.25, 0.3) is 0 Å². The minimum Gasteiger partial charge on any atom is -0.478 e. The Bertz CT molecular complexity index is 244. The van der Waals surface area contributed by atoms with Gasteiger partial charge in [0.05, 0.1) is 0 Å². The summed E-state index contributed by atoms with van der Waals surface area (Å²) in [7, 11) is 0. The maximum Gasteiger partial charge on any atom is 0.328 e. The maximum atomic E-state index is 10.5. The number of aliphatic carboxylic acids is 1. The molecule has 0 aromatic rings. The summed E-state index contributed by atoms with van der Waals surface area (Å²) < 4.78 is 0. The molecule has 3 heteroatoms. The second-order valence-corrected chi connectivity index (χ2v) is 4.38. The summed E-state index contributed by atoms with van der Waals surface area (Å²) >= 11 is 0. The van der Waals surface area contributed by atoms with Crippen LogP contribution in [0.5, 0.6) is 0 Å². The number of nitrogens with zero attached hydrogens (tertiary/aromatic N) is 1. The molecule has 0 atom stereocenters. The standard InChI is InChI=1S/C12H21NO2/c1-3-4-7-13(11-5-6-11)9-10(2)8-12(14)15/h8,11H,3-7,9H2,1-2H3,(H,14,15). The number of hydrogen-bond acceptors (Lipinski definition) is 2. The van der Waals surface area contributed by atoms with E-state index >= 15 is 0 Å². The van der Waals surface area contributed by atoms with Crippen LogP contribution in [0.15, 0.2) is 11.6 Å². The second-order valence-electron chi connectivity index (χ2n) is 4.38. The smallest absolute Gasteiger partial charge is 0.328 e. The Balaban J connectivity index is 2.39. The molecule has 0 aromatic heterocycles. The minimum absolute atomic E-state index is 0.716. The largest absolute Gasteiger partial charge is 0.478 e. The number of carboxylic acids is 1. The number of rotatable bonds is 7. The van der Waals surface area contributed by atoms with Crippen LogP contribution in [0.25, 0.3) is 0 Å². The molecule has 0 aromatic carbocycles. The SMILES string of the molecule is CCCCN(CC(C)=CC(=O)O)C1CC1. The average Bonchev–Trinajstić information content (AvgIpc) is 2.93. The first-order valence-corrected chi connectivity index (χ1v) is 5.77. The lowest BCUT2D eigenvalue weighted by Crippen LogP contribution is -2.29. The summed E-state index contributed by atoms with van der Waals surface area (Å²) in [4.78, 5) is 12.9. The summed E-state index contributed by atoms with van der Waals surface area (Å²) in [6.07, 6.45) is 6.29. The molecule has 0 unspecified atom stereocenters. The van der Waals surface area contributed by atoms with Crippen LogP contribution >= 0.6 is 0 Å². The van der Waals surface area contributed by atoms with Crippen LogP contribution < -0.4 is 0 Å². The van der Waals surface area contributed by atoms with Crippen LogP contribution in [0, 0.1) is 0 Å². The molecule has 1 rings (SSSR count). The Kier molecular flexibility index (Phi) is 4.82. The van der Waals surface area contributed by atoms with Gasteiger partial charge in [0.2, 0.25) is 0 Å². The van der Waals surface area contributed by atoms with Crippen molar-refractivity contribution >= 4 is 5.97 Å². The predicted octanol–water partition coefficient (Wildman–Crippen LogP) is 2.28. The summed E-state index contributed by atoms with van der Waals surface area (Å²) in [5.74, 6) is -0.835. The fourth-order valence-electron chi connectivity index (χ4n) is 1.77. The van der Waals surface area contributed by atoms with Crippen molar-refractivity contribution < 1.29 is 9.90 Å². The van der Waals surface area contributed by atoms with Crippen LogP contribution in [-0.2, 0) is 4.79 Å². The summed E-state index contributed by atoms with van der Waals surface area (Å²) in [5.41, 5.74) is 0.950. The number of carboxylic acid groups (broad SMARTS) is 1. The molecule has 0 heterocycles. The lowest BCUT2D eigenvalue weighted by Gasteiger charge is -2.21. The number of hydrogen-bond donors (Lipinski definition) is 1. The molecular formula is C12H21NO2. The van der Waals surface area contributed by atoms with Crippen molar-refractivity contribution in [2.45, 2.75) is 45.6 Å². The van der Waals surface area contributed by atoms with Gasteiger partial charge in [-0.3, -0.25) is 4.90 Å². The first-order valence-electron chi connectivity index (χ1n) is 5.77. The molecule has 3 nitrogen and oxygen atoms in total. The molecule has 15 heavy (non-hydrogen) atoms. The van der Waals surface area contributed by atoms with Gasteiger partial charge in [-0.1, -0.05) is 18.9 Å². The van der Waals surface area contributed by atoms with Gasteiger partial charge in [0.15, 0.2) is 0 Å². The molecule has 1 aliphatic rings. The Morgan fingerprint density at radius 1 is 1.53 bits per heavy atom. The Morgan fingerprint density at radius 2 is 2.20 bits per heavy atom. The first-order chi connectivity index (χ1) is 7.13. The van der Waals surface area contributed by atoms with Crippen LogP contribution in [0.1, 0.15) is 39.5 Å². The lowest BCUT2D eigenvalue weighted by atomic mass is 10.2. The van der Waals surface area contributed by atoms with Gasteiger partial charge in [0, 0.05) is 18.7 Å². The van der Waals surface area contributed by atoms with Crippen LogP contribution in [-0.4, -0.2) is 35.1 Å². The third-order valence-corrected chi connectivity index (χ3v) is 2.68. The molecular weight excluding hydrogens is 190 g/mol. The zero-order valence-electron chi connectivity index (χ0n) is 9.70. The van der Waals surface area contributed by atoms with E-state index in [1.54, 1.807) is 0 Å². The number of carbonyl (C=O) groups is 1. The fourth-order valence-corrected chi connectivity index (χ4v) is 1.77. The average molecular weight is 211 g/mol. The summed E-state index contributed by atoms with van der Waals surface area (Å²) in [6.45, 7) is 6.00. The third kappa shape index (κ3) is 4.98. The highest BCUT2D eigenvalue weighted by molar-refractivity contribution is 5.80. The van der Waals surface area contributed by atoms with E-state index in [9.17, 15) is 4.79 Å². The maximum absolute atomic E-state index is 10.5.